The lowest BCUT2D eigenvalue weighted by Crippen LogP contribution is -2.12. The molecule has 0 spiro atoms. The Hall–Kier alpha value is -1.20. The smallest absolute Gasteiger partial charge is 0.350 e. The molecule has 0 atom stereocenters. The molecule has 0 radical (unpaired) electrons. The van der Waals surface area contributed by atoms with Crippen molar-refractivity contribution in [3.05, 3.63) is 23.1 Å². The SMILES string of the molecule is COC(=O)c1sc2ccc(SC)cc2c1N(C)C. The van der Waals surface area contributed by atoms with Crippen molar-refractivity contribution in [1.29, 1.82) is 0 Å². The van der Waals surface area contributed by atoms with Gasteiger partial charge < -0.3 is 9.64 Å². The second kappa shape index (κ2) is 5.20. The fourth-order valence-electron chi connectivity index (χ4n) is 1.87. The van der Waals surface area contributed by atoms with Crippen LogP contribution in [0.4, 0.5) is 5.69 Å². The van der Waals surface area contributed by atoms with Crippen molar-refractivity contribution in [1.82, 2.24) is 0 Å². The molecule has 0 aliphatic rings. The second-order valence-electron chi connectivity index (χ2n) is 4.03. The first-order valence-electron chi connectivity index (χ1n) is 5.44. The monoisotopic (exact) mass is 281 g/mol. The number of methoxy groups -OCH3 is 1. The topological polar surface area (TPSA) is 29.5 Å². The Bertz CT molecular complexity index is 590. The van der Waals surface area contributed by atoms with Crippen molar-refractivity contribution in [2.75, 3.05) is 32.4 Å². The minimum atomic E-state index is -0.273. The van der Waals surface area contributed by atoms with Crippen LogP contribution in [-0.2, 0) is 4.74 Å². The van der Waals surface area contributed by atoms with Crippen LogP contribution in [0.2, 0.25) is 0 Å². The van der Waals surface area contributed by atoms with Gasteiger partial charge in [-0.05, 0) is 24.5 Å². The number of esters is 1. The number of ether oxygens (including phenoxy) is 1. The Morgan fingerprint density at radius 1 is 1.39 bits per heavy atom. The Morgan fingerprint density at radius 2 is 2.11 bits per heavy atom. The average Bonchev–Trinajstić information content (AvgIpc) is 2.75. The maximum atomic E-state index is 11.8. The molecule has 0 aliphatic carbocycles. The van der Waals surface area contributed by atoms with Gasteiger partial charge in [0.2, 0.25) is 0 Å². The number of anilines is 1. The Balaban J connectivity index is 2.72. The van der Waals surface area contributed by atoms with Crippen LogP contribution in [-0.4, -0.2) is 33.4 Å². The lowest BCUT2D eigenvalue weighted by molar-refractivity contribution is 0.0607. The quantitative estimate of drug-likeness (QED) is 0.636. The molecule has 18 heavy (non-hydrogen) atoms. The predicted octanol–water partition coefficient (Wildman–Crippen LogP) is 3.48. The zero-order valence-corrected chi connectivity index (χ0v) is 12.4. The van der Waals surface area contributed by atoms with E-state index in [9.17, 15) is 4.79 Å². The first-order valence-corrected chi connectivity index (χ1v) is 7.48. The minimum Gasteiger partial charge on any atom is -0.465 e. The molecule has 0 N–H and O–H groups in total. The molecule has 1 heterocycles. The van der Waals surface area contributed by atoms with Gasteiger partial charge >= 0.3 is 5.97 Å². The number of carbonyl (C=O) groups excluding carboxylic acids is 1. The number of hydrogen-bond donors (Lipinski definition) is 0. The van der Waals surface area contributed by atoms with Crippen molar-refractivity contribution in [2.24, 2.45) is 0 Å². The first-order chi connectivity index (χ1) is 8.58. The lowest BCUT2D eigenvalue weighted by atomic mass is 10.2. The molecule has 1 aromatic carbocycles. The van der Waals surface area contributed by atoms with Crippen LogP contribution >= 0.6 is 23.1 Å². The van der Waals surface area contributed by atoms with E-state index in [0.717, 1.165) is 15.8 Å². The van der Waals surface area contributed by atoms with Crippen molar-refractivity contribution in [3.8, 4) is 0 Å². The van der Waals surface area contributed by atoms with Gasteiger partial charge in [0.05, 0.1) is 12.8 Å². The van der Waals surface area contributed by atoms with E-state index in [2.05, 4.69) is 18.2 Å². The predicted molar refractivity (Wildman–Crippen MR) is 79.3 cm³/mol. The van der Waals surface area contributed by atoms with Crippen molar-refractivity contribution < 1.29 is 9.53 Å². The van der Waals surface area contributed by atoms with Crippen LogP contribution in [0.5, 0.6) is 0 Å². The maximum absolute atomic E-state index is 11.8. The minimum absolute atomic E-state index is 0.273. The maximum Gasteiger partial charge on any atom is 0.350 e. The van der Waals surface area contributed by atoms with Gasteiger partial charge in [-0.25, -0.2) is 4.79 Å². The standard InChI is InChI=1S/C13H15NO2S2/c1-14(2)11-9-7-8(17-4)5-6-10(9)18-12(11)13(15)16-3/h5-7H,1-4H3. The molecule has 2 aromatic rings. The molecule has 3 nitrogen and oxygen atoms in total. The third-order valence-electron chi connectivity index (χ3n) is 2.69. The van der Waals surface area contributed by atoms with Crippen LogP contribution in [0.15, 0.2) is 23.1 Å². The summed E-state index contributed by atoms with van der Waals surface area (Å²) in [6, 6.07) is 6.26. The molecule has 1 aromatic heterocycles. The highest BCUT2D eigenvalue weighted by atomic mass is 32.2. The van der Waals surface area contributed by atoms with E-state index in [4.69, 9.17) is 4.74 Å². The summed E-state index contributed by atoms with van der Waals surface area (Å²) in [6.45, 7) is 0. The van der Waals surface area contributed by atoms with E-state index in [0.29, 0.717) is 4.88 Å². The summed E-state index contributed by atoms with van der Waals surface area (Å²) in [4.78, 5) is 15.6. The summed E-state index contributed by atoms with van der Waals surface area (Å²) in [5, 5.41) is 1.11. The van der Waals surface area contributed by atoms with Gasteiger partial charge in [-0.3, -0.25) is 0 Å². The number of benzene rings is 1. The lowest BCUT2D eigenvalue weighted by Gasteiger charge is -2.13. The first kappa shape index (κ1) is 13.2. The zero-order chi connectivity index (χ0) is 13.3. The summed E-state index contributed by atoms with van der Waals surface area (Å²) in [7, 11) is 5.30. The number of carbonyl (C=O) groups is 1. The summed E-state index contributed by atoms with van der Waals surface area (Å²) in [5.74, 6) is -0.273. The van der Waals surface area contributed by atoms with E-state index in [1.54, 1.807) is 11.8 Å². The molecule has 0 bridgehead atoms. The van der Waals surface area contributed by atoms with E-state index < -0.39 is 0 Å². The van der Waals surface area contributed by atoms with Crippen molar-refractivity contribution in [2.45, 2.75) is 4.90 Å². The van der Waals surface area contributed by atoms with E-state index in [1.165, 1.54) is 23.3 Å². The molecule has 2 rings (SSSR count). The van der Waals surface area contributed by atoms with Crippen LogP contribution in [0, 0.1) is 0 Å². The average molecular weight is 281 g/mol. The third-order valence-corrected chi connectivity index (χ3v) is 4.55. The highest BCUT2D eigenvalue weighted by Gasteiger charge is 2.20. The zero-order valence-electron chi connectivity index (χ0n) is 10.8. The third kappa shape index (κ3) is 2.20. The number of thiophene rings is 1. The van der Waals surface area contributed by atoms with Crippen LogP contribution in [0.3, 0.4) is 0 Å². The number of hydrogen-bond acceptors (Lipinski definition) is 5. The molecule has 0 unspecified atom stereocenters. The van der Waals surface area contributed by atoms with Gasteiger partial charge in [0, 0.05) is 29.1 Å². The molecular weight excluding hydrogens is 266 g/mol. The molecule has 0 saturated heterocycles. The van der Waals surface area contributed by atoms with Crippen LogP contribution in [0.25, 0.3) is 10.1 Å². The number of nitrogens with zero attached hydrogens (tertiary/aromatic N) is 1. The Labute approximate surface area is 115 Å². The molecule has 0 amide bonds. The highest BCUT2D eigenvalue weighted by molar-refractivity contribution is 7.98. The number of fused-ring (bicyclic) bond motifs is 1. The van der Waals surface area contributed by atoms with Crippen LogP contribution < -0.4 is 4.90 Å². The Kier molecular flexibility index (Phi) is 3.82. The number of rotatable bonds is 3. The summed E-state index contributed by atoms with van der Waals surface area (Å²) in [6.07, 6.45) is 2.05. The molecule has 0 saturated carbocycles. The van der Waals surface area contributed by atoms with Gasteiger partial charge in [0.25, 0.3) is 0 Å². The fraction of sp³-hybridized carbons (Fsp3) is 0.308. The summed E-state index contributed by atoms with van der Waals surface area (Å²) in [5.41, 5.74) is 0.942. The molecule has 0 fully saturated rings. The van der Waals surface area contributed by atoms with E-state index >= 15 is 0 Å². The fourth-order valence-corrected chi connectivity index (χ4v) is 3.48. The second-order valence-corrected chi connectivity index (χ2v) is 5.96. The van der Waals surface area contributed by atoms with Crippen molar-refractivity contribution >= 4 is 44.8 Å². The summed E-state index contributed by atoms with van der Waals surface area (Å²) < 4.78 is 5.96. The van der Waals surface area contributed by atoms with E-state index in [-0.39, 0.29) is 5.97 Å². The van der Waals surface area contributed by atoms with Gasteiger partial charge in [0.1, 0.15) is 4.88 Å². The molecule has 96 valence electrons. The van der Waals surface area contributed by atoms with Crippen molar-refractivity contribution in [3.63, 3.8) is 0 Å². The highest BCUT2D eigenvalue weighted by Crippen LogP contribution is 2.39. The molecular formula is C13H15NO2S2. The normalized spacial score (nSPS) is 10.7. The van der Waals surface area contributed by atoms with E-state index in [1.807, 2.05) is 25.3 Å². The molecule has 0 aliphatic heterocycles. The summed E-state index contributed by atoms with van der Waals surface area (Å²) >= 11 is 3.18. The molecule has 5 heteroatoms. The van der Waals surface area contributed by atoms with Crippen LogP contribution in [0.1, 0.15) is 9.67 Å². The number of thioether (sulfide) groups is 1. The van der Waals surface area contributed by atoms with Gasteiger partial charge in [-0.1, -0.05) is 0 Å². The Morgan fingerprint density at radius 3 is 2.67 bits per heavy atom. The van der Waals surface area contributed by atoms with Gasteiger partial charge in [-0.15, -0.1) is 23.1 Å². The van der Waals surface area contributed by atoms with Gasteiger partial charge in [-0.2, -0.15) is 0 Å². The largest absolute Gasteiger partial charge is 0.465 e. The van der Waals surface area contributed by atoms with Gasteiger partial charge in [0.15, 0.2) is 0 Å².